The number of aromatic nitrogens is 3. The molecule has 0 saturated carbocycles. The van der Waals surface area contributed by atoms with Gasteiger partial charge in [0.2, 0.25) is 11.8 Å². The second-order valence-corrected chi connectivity index (χ2v) is 11.2. The van der Waals surface area contributed by atoms with E-state index < -0.39 is 36.5 Å². The number of amides is 2. The highest BCUT2D eigenvalue weighted by Gasteiger charge is 2.38. The van der Waals surface area contributed by atoms with Crippen molar-refractivity contribution in [3.05, 3.63) is 69.9 Å². The first-order valence-corrected chi connectivity index (χ1v) is 14.4. The number of aliphatic carboxylic acids is 1. The third-order valence-corrected chi connectivity index (χ3v) is 7.99. The van der Waals surface area contributed by atoms with E-state index in [2.05, 4.69) is 15.4 Å². The lowest BCUT2D eigenvalue weighted by molar-refractivity contribution is -0.192. The first kappa shape index (κ1) is 34.8. The lowest BCUT2D eigenvalue weighted by Crippen LogP contribution is -2.38. The highest BCUT2D eigenvalue weighted by Crippen LogP contribution is 2.39. The molecule has 2 bridgehead atoms. The van der Waals surface area contributed by atoms with Crippen LogP contribution in [0.3, 0.4) is 0 Å². The molecule has 2 N–H and O–H groups in total. The van der Waals surface area contributed by atoms with Gasteiger partial charge in [0, 0.05) is 35.9 Å². The predicted octanol–water partition coefficient (Wildman–Crippen LogP) is 7.53. The summed E-state index contributed by atoms with van der Waals surface area (Å²) < 4.78 is 74.7. The molecule has 1 aromatic carbocycles. The molecule has 0 spiro atoms. The summed E-state index contributed by atoms with van der Waals surface area (Å²) in [6.07, 6.45) is 0.865. The molecule has 2 aliphatic rings. The summed E-state index contributed by atoms with van der Waals surface area (Å²) in [4.78, 5) is 41.2. The van der Waals surface area contributed by atoms with Crippen molar-refractivity contribution in [1.29, 1.82) is 0 Å². The normalized spacial score (nSPS) is 18.8. The first-order chi connectivity index (χ1) is 21.6. The lowest BCUT2D eigenvalue weighted by atomic mass is 9.93. The van der Waals surface area contributed by atoms with E-state index in [9.17, 15) is 35.9 Å². The van der Waals surface area contributed by atoms with Gasteiger partial charge in [0.15, 0.2) is 5.82 Å². The van der Waals surface area contributed by atoms with Crippen LogP contribution < -0.4 is 5.32 Å². The van der Waals surface area contributed by atoms with Crippen molar-refractivity contribution in [2.24, 2.45) is 5.92 Å². The van der Waals surface area contributed by atoms with Crippen LogP contribution in [0.25, 0.3) is 16.8 Å². The van der Waals surface area contributed by atoms with Gasteiger partial charge in [-0.15, -0.1) is 0 Å². The van der Waals surface area contributed by atoms with E-state index in [0.29, 0.717) is 47.2 Å². The van der Waals surface area contributed by atoms with E-state index in [1.54, 1.807) is 24.0 Å². The Morgan fingerprint density at radius 1 is 1.13 bits per heavy atom. The van der Waals surface area contributed by atoms with Crippen molar-refractivity contribution >= 4 is 52.2 Å². The largest absolute Gasteiger partial charge is 0.490 e. The molecular weight excluding hydrogens is 667 g/mol. The van der Waals surface area contributed by atoms with E-state index in [0.717, 1.165) is 0 Å². The van der Waals surface area contributed by atoms with E-state index in [1.807, 2.05) is 0 Å². The summed E-state index contributed by atoms with van der Waals surface area (Å²) >= 11 is 12.2. The quantitative estimate of drug-likeness (QED) is 0.217. The molecule has 2 aliphatic heterocycles. The van der Waals surface area contributed by atoms with Gasteiger partial charge in [0.05, 0.1) is 39.4 Å². The fourth-order valence-electron chi connectivity index (χ4n) is 5.12. The van der Waals surface area contributed by atoms with Crippen LogP contribution in [0.5, 0.6) is 0 Å². The first-order valence-electron chi connectivity index (χ1n) is 13.7. The van der Waals surface area contributed by atoms with Gasteiger partial charge in [0.1, 0.15) is 0 Å². The van der Waals surface area contributed by atoms with Crippen LogP contribution in [0.4, 0.5) is 32.0 Å². The van der Waals surface area contributed by atoms with Gasteiger partial charge >= 0.3 is 18.7 Å². The van der Waals surface area contributed by atoms with Gasteiger partial charge in [0.25, 0.3) is 0 Å². The van der Waals surface area contributed by atoms with Crippen molar-refractivity contribution in [3.8, 4) is 11.3 Å². The number of hydrogen-bond donors (Lipinski definition) is 2. The van der Waals surface area contributed by atoms with Crippen molar-refractivity contribution in [3.63, 3.8) is 0 Å². The maximum Gasteiger partial charge on any atom is 0.490 e. The number of benzene rings is 1. The number of anilines is 1. The Morgan fingerprint density at radius 2 is 1.80 bits per heavy atom. The van der Waals surface area contributed by atoms with E-state index in [-0.39, 0.29) is 45.3 Å². The van der Waals surface area contributed by atoms with Gasteiger partial charge < -0.3 is 15.3 Å². The average molecular weight is 692 g/mol. The Hall–Kier alpha value is -4.11. The predicted molar refractivity (Wildman–Crippen MR) is 156 cm³/mol. The van der Waals surface area contributed by atoms with Crippen LogP contribution in [0, 0.1) is 11.7 Å². The maximum atomic E-state index is 14.8. The maximum absolute atomic E-state index is 14.8. The minimum atomic E-state index is -5.08. The third-order valence-electron chi connectivity index (χ3n) is 7.38. The molecule has 46 heavy (non-hydrogen) atoms. The number of carboxylic acids is 1. The fraction of sp³-hybridized carbons (Fsp3) is 0.345. The number of carbonyl (C=O) groups excluding carboxylic acids is 2. The molecule has 9 nitrogen and oxygen atoms in total. The number of halogens is 8. The second kappa shape index (κ2) is 14.1. The minimum absolute atomic E-state index is 0.0479. The molecule has 2 aromatic heterocycles. The molecular formula is C29H25Cl2F6N5O4. The Labute approximate surface area is 267 Å². The fourth-order valence-corrected chi connectivity index (χ4v) is 5.54. The number of carboxylic acid groups (broad SMARTS) is 1. The molecule has 0 unspecified atom stereocenters. The van der Waals surface area contributed by atoms with Crippen LogP contribution in [0.15, 0.2) is 42.7 Å². The van der Waals surface area contributed by atoms with Gasteiger partial charge in [-0.1, -0.05) is 36.5 Å². The Kier molecular flexibility index (Phi) is 10.7. The molecule has 3 aromatic rings. The van der Waals surface area contributed by atoms with Crippen molar-refractivity contribution in [1.82, 2.24) is 19.7 Å². The average Bonchev–Trinajstić information content (AvgIpc) is 3.41. The molecule has 0 saturated heterocycles. The number of rotatable bonds is 3. The molecule has 4 heterocycles. The topological polar surface area (TPSA) is 117 Å². The lowest BCUT2D eigenvalue weighted by Gasteiger charge is -2.34. The van der Waals surface area contributed by atoms with E-state index >= 15 is 0 Å². The number of alkyl halides is 5. The number of nitrogens with one attached hydrogen (secondary N) is 1. The number of pyridine rings is 1. The summed E-state index contributed by atoms with van der Waals surface area (Å²) in [7, 11) is 0. The summed E-state index contributed by atoms with van der Waals surface area (Å²) in [5.74, 6) is -4.52. The highest BCUT2D eigenvalue weighted by atomic mass is 35.5. The Bertz CT molecular complexity index is 1680. The standard InChI is InChI=1S/C27H24Cl2F3N5O2.C2HF3O2/c1-14-3-2-4-21(36-10-8-15(12-22(36)38)23-17(28)5-6-18(29)24(23)30)19-11-16(7-9-33-19)25-20(35-26(14)39)13-34-37(25)27(31)32;3-2(4,5)1(6)7/h5-7,9,11-14,21,27H,2-4,8,10H2,1H3,(H,35,39);(H,6,7)/t14-,21+;/m1./s1. The molecule has 17 heteroatoms. The molecule has 0 fully saturated rings. The molecule has 2 amide bonds. The third kappa shape index (κ3) is 7.64. The van der Waals surface area contributed by atoms with Crippen LogP contribution in [-0.4, -0.2) is 55.3 Å². The molecule has 2 atom stereocenters. The van der Waals surface area contributed by atoms with Crippen molar-refractivity contribution < 1.29 is 45.8 Å². The van der Waals surface area contributed by atoms with Crippen LogP contribution in [0.2, 0.25) is 10.0 Å². The molecule has 5 rings (SSSR count). The second-order valence-electron chi connectivity index (χ2n) is 10.4. The van der Waals surface area contributed by atoms with E-state index in [1.165, 1.54) is 30.6 Å². The summed E-state index contributed by atoms with van der Waals surface area (Å²) in [5, 5.41) is 13.7. The molecule has 0 aliphatic carbocycles. The van der Waals surface area contributed by atoms with Gasteiger partial charge in [-0.2, -0.15) is 27.1 Å². The van der Waals surface area contributed by atoms with Crippen molar-refractivity contribution in [2.45, 2.75) is 51.4 Å². The highest BCUT2D eigenvalue weighted by molar-refractivity contribution is 6.34. The zero-order valence-corrected chi connectivity index (χ0v) is 25.3. The van der Waals surface area contributed by atoms with Gasteiger partial charge in [-0.25, -0.2) is 13.9 Å². The number of hydrogen-bond acceptors (Lipinski definition) is 5. The smallest absolute Gasteiger partial charge is 0.475 e. The Balaban J connectivity index is 0.000000617. The van der Waals surface area contributed by atoms with Gasteiger partial charge in [-0.3, -0.25) is 14.6 Å². The SMILES string of the molecule is C[C@@H]1CCC[C@H](N2CCC(c3c(Cl)ccc(Cl)c3F)=CC2=O)c2cc(ccn2)-c2c(cnn2C(F)F)NC1=O.O=C(O)C(F)(F)F. The zero-order chi connectivity index (χ0) is 33.9. The molecule has 0 radical (unpaired) electrons. The minimum Gasteiger partial charge on any atom is -0.475 e. The monoisotopic (exact) mass is 691 g/mol. The zero-order valence-electron chi connectivity index (χ0n) is 23.8. The summed E-state index contributed by atoms with van der Waals surface area (Å²) in [5.41, 5.74) is 1.64. The number of nitrogens with zero attached hydrogens (tertiary/aromatic N) is 4. The van der Waals surface area contributed by atoms with Crippen LogP contribution in [-0.2, 0) is 14.4 Å². The van der Waals surface area contributed by atoms with Crippen molar-refractivity contribution in [2.75, 3.05) is 11.9 Å². The number of carbonyl (C=O) groups is 3. The van der Waals surface area contributed by atoms with E-state index in [4.69, 9.17) is 33.1 Å². The van der Waals surface area contributed by atoms with Crippen LogP contribution in [0.1, 0.15) is 56.5 Å². The Morgan fingerprint density at radius 3 is 2.43 bits per heavy atom. The number of fused-ring (bicyclic) bond motifs is 4. The molecule has 246 valence electrons. The van der Waals surface area contributed by atoms with Crippen LogP contribution >= 0.6 is 23.2 Å². The van der Waals surface area contributed by atoms with Gasteiger partial charge in [-0.05, 0) is 49.1 Å². The summed E-state index contributed by atoms with van der Waals surface area (Å²) in [6.45, 7) is -0.927. The summed E-state index contributed by atoms with van der Waals surface area (Å²) in [6, 6.07) is 5.53.